The van der Waals surface area contributed by atoms with Gasteiger partial charge in [-0.2, -0.15) is 0 Å². The summed E-state index contributed by atoms with van der Waals surface area (Å²) in [6.07, 6.45) is 0.841. The van der Waals surface area contributed by atoms with Crippen molar-refractivity contribution in [3.8, 4) is 0 Å². The van der Waals surface area contributed by atoms with Crippen LogP contribution < -0.4 is 10.6 Å². The lowest BCUT2D eigenvalue weighted by Gasteiger charge is -2.26. The number of fused-ring (bicyclic) bond motifs is 1. The first-order valence-electron chi connectivity index (χ1n) is 6.19. The summed E-state index contributed by atoms with van der Waals surface area (Å²) in [5.41, 5.74) is 8.29. The zero-order chi connectivity index (χ0) is 13.6. The first kappa shape index (κ1) is 12.0. The highest BCUT2D eigenvalue weighted by Crippen LogP contribution is 2.41. The second kappa shape index (κ2) is 4.23. The van der Waals surface area contributed by atoms with Gasteiger partial charge in [-0.1, -0.05) is 18.2 Å². The summed E-state index contributed by atoms with van der Waals surface area (Å²) in [7, 11) is 0. The average Bonchev–Trinajstić information content (AvgIpc) is 2.70. The van der Waals surface area contributed by atoms with Crippen molar-refractivity contribution >= 4 is 17.1 Å². The molecule has 0 amide bonds. The molecule has 1 heterocycles. The third-order valence-corrected chi connectivity index (χ3v) is 3.54. The van der Waals surface area contributed by atoms with Gasteiger partial charge in [0.1, 0.15) is 5.82 Å². The van der Waals surface area contributed by atoms with Gasteiger partial charge in [0.25, 0.3) is 0 Å². The zero-order valence-electron chi connectivity index (χ0n) is 10.5. The normalized spacial score (nSPS) is 17.6. The summed E-state index contributed by atoms with van der Waals surface area (Å²) in [5, 5.41) is 0. The van der Waals surface area contributed by atoms with E-state index in [4.69, 9.17) is 5.73 Å². The number of nitrogens with two attached hydrogens (primary N) is 1. The molecule has 2 N–H and O–H groups in total. The molecule has 1 unspecified atom stereocenters. The third kappa shape index (κ3) is 1.84. The third-order valence-electron chi connectivity index (χ3n) is 3.54. The van der Waals surface area contributed by atoms with Gasteiger partial charge in [-0.25, -0.2) is 8.78 Å². The van der Waals surface area contributed by atoms with E-state index < -0.39 is 11.6 Å². The fourth-order valence-corrected chi connectivity index (χ4v) is 2.70. The van der Waals surface area contributed by atoms with Crippen LogP contribution in [-0.2, 0) is 6.42 Å². The highest BCUT2D eigenvalue weighted by Gasteiger charge is 2.29. The van der Waals surface area contributed by atoms with Crippen molar-refractivity contribution < 1.29 is 8.78 Å². The van der Waals surface area contributed by atoms with Crippen molar-refractivity contribution in [1.29, 1.82) is 0 Å². The molecule has 1 aliphatic rings. The molecule has 1 atom stereocenters. The number of nitrogens with zero attached hydrogens (tertiary/aromatic N) is 1. The first-order chi connectivity index (χ1) is 9.08. The summed E-state index contributed by atoms with van der Waals surface area (Å²) in [6, 6.07) is 10.1. The minimum Gasteiger partial charge on any atom is -0.395 e. The van der Waals surface area contributed by atoms with Crippen molar-refractivity contribution in [2.24, 2.45) is 0 Å². The second-order valence-electron chi connectivity index (χ2n) is 4.87. The second-order valence-corrected chi connectivity index (χ2v) is 4.87. The van der Waals surface area contributed by atoms with Crippen LogP contribution in [0.25, 0.3) is 0 Å². The van der Waals surface area contributed by atoms with Crippen molar-refractivity contribution in [1.82, 2.24) is 0 Å². The van der Waals surface area contributed by atoms with Gasteiger partial charge in [-0.15, -0.1) is 0 Å². The number of halogens is 2. The Morgan fingerprint density at radius 2 is 1.89 bits per heavy atom. The molecule has 4 heteroatoms. The molecular weight excluding hydrogens is 246 g/mol. The van der Waals surface area contributed by atoms with E-state index >= 15 is 0 Å². The smallest absolute Gasteiger partial charge is 0.151 e. The summed E-state index contributed by atoms with van der Waals surface area (Å²) >= 11 is 0. The molecule has 0 saturated heterocycles. The van der Waals surface area contributed by atoms with Gasteiger partial charge in [0.2, 0.25) is 0 Å². The Bertz CT molecular complexity index is 640. The highest BCUT2D eigenvalue weighted by atomic mass is 19.1. The van der Waals surface area contributed by atoms with E-state index in [0.717, 1.165) is 18.2 Å². The monoisotopic (exact) mass is 260 g/mol. The molecule has 0 fully saturated rings. The number of nitrogen functional groups attached to an aromatic ring is 1. The molecule has 0 saturated carbocycles. The predicted molar refractivity (Wildman–Crippen MR) is 72.5 cm³/mol. The van der Waals surface area contributed by atoms with Gasteiger partial charge < -0.3 is 10.6 Å². The van der Waals surface area contributed by atoms with Gasteiger partial charge >= 0.3 is 0 Å². The van der Waals surface area contributed by atoms with E-state index in [1.807, 2.05) is 36.1 Å². The number of para-hydroxylation sites is 1. The van der Waals surface area contributed by atoms with Crippen LogP contribution in [0, 0.1) is 11.6 Å². The van der Waals surface area contributed by atoms with Gasteiger partial charge in [-0.05, 0) is 31.0 Å². The molecule has 1 aliphatic heterocycles. The number of benzene rings is 2. The molecule has 2 nitrogen and oxygen atoms in total. The van der Waals surface area contributed by atoms with Crippen molar-refractivity contribution in [3.63, 3.8) is 0 Å². The fraction of sp³-hybridized carbons (Fsp3) is 0.200. The van der Waals surface area contributed by atoms with E-state index in [-0.39, 0.29) is 11.7 Å². The quantitative estimate of drug-likeness (QED) is 0.793. The van der Waals surface area contributed by atoms with Gasteiger partial charge in [-0.3, -0.25) is 0 Å². The van der Waals surface area contributed by atoms with E-state index in [2.05, 4.69) is 0 Å². The lowest BCUT2D eigenvalue weighted by atomic mass is 10.1. The maximum atomic E-state index is 13.6. The van der Waals surface area contributed by atoms with Crippen LogP contribution >= 0.6 is 0 Å². The van der Waals surface area contributed by atoms with Gasteiger partial charge in [0, 0.05) is 17.8 Å². The summed E-state index contributed by atoms with van der Waals surface area (Å²) < 4.78 is 27.0. The Morgan fingerprint density at radius 3 is 2.68 bits per heavy atom. The number of hydrogen-bond donors (Lipinski definition) is 1. The molecule has 0 aliphatic carbocycles. The maximum absolute atomic E-state index is 13.6. The summed E-state index contributed by atoms with van der Waals surface area (Å²) in [5.74, 6) is -1.33. The van der Waals surface area contributed by atoms with E-state index in [0.29, 0.717) is 5.69 Å². The number of rotatable bonds is 1. The van der Waals surface area contributed by atoms with Crippen molar-refractivity contribution in [3.05, 3.63) is 53.6 Å². The maximum Gasteiger partial charge on any atom is 0.151 e. The molecule has 19 heavy (non-hydrogen) atoms. The largest absolute Gasteiger partial charge is 0.395 e. The van der Waals surface area contributed by atoms with E-state index in [1.165, 1.54) is 11.6 Å². The van der Waals surface area contributed by atoms with Gasteiger partial charge in [0.05, 0.1) is 11.4 Å². The first-order valence-corrected chi connectivity index (χ1v) is 6.19. The van der Waals surface area contributed by atoms with Crippen LogP contribution in [0.1, 0.15) is 12.5 Å². The van der Waals surface area contributed by atoms with Crippen LogP contribution in [0.4, 0.5) is 25.8 Å². The number of hydrogen-bond acceptors (Lipinski definition) is 2. The van der Waals surface area contributed by atoms with E-state index in [1.54, 1.807) is 0 Å². The predicted octanol–water partition coefficient (Wildman–Crippen LogP) is 3.63. The Balaban J connectivity index is 2.18. The number of anilines is 3. The molecule has 0 aromatic heterocycles. The molecule has 3 rings (SSSR count). The zero-order valence-corrected chi connectivity index (χ0v) is 10.5. The molecule has 0 bridgehead atoms. The molecular formula is C15H14F2N2. The van der Waals surface area contributed by atoms with Crippen LogP contribution in [0.5, 0.6) is 0 Å². The summed E-state index contributed by atoms with van der Waals surface area (Å²) in [6.45, 7) is 2.02. The molecule has 2 aromatic carbocycles. The van der Waals surface area contributed by atoms with Crippen molar-refractivity contribution in [2.45, 2.75) is 19.4 Å². The van der Waals surface area contributed by atoms with Crippen LogP contribution in [-0.4, -0.2) is 6.04 Å². The van der Waals surface area contributed by atoms with Gasteiger partial charge in [0.15, 0.2) is 5.82 Å². The molecule has 0 radical (unpaired) electrons. The fourth-order valence-electron chi connectivity index (χ4n) is 2.70. The highest BCUT2D eigenvalue weighted by molar-refractivity contribution is 5.79. The van der Waals surface area contributed by atoms with Crippen molar-refractivity contribution in [2.75, 3.05) is 10.6 Å². The lowest BCUT2D eigenvalue weighted by molar-refractivity contribution is 0.585. The Kier molecular flexibility index (Phi) is 2.66. The minimum absolute atomic E-state index is 0.00930. The molecule has 98 valence electrons. The van der Waals surface area contributed by atoms with E-state index in [9.17, 15) is 8.78 Å². The lowest BCUT2D eigenvalue weighted by Crippen LogP contribution is -2.25. The SMILES string of the molecule is CC1Cc2ccccc2N1c1cc(F)cc(F)c1N. The van der Waals surface area contributed by atoms with Crippen LogP contribution in [0.15, 0.2) is 36.4 Å². The molecule has 2 aromatic rings. The average molecular weight is 260 g/mol. The standard InChI is InChI=1S/C15H14F2N2/c1-9-6-10-4-2-3-5-13(10)19(9)14-8-11(16)7-12(17)15(14)18/h2-5,7-9H,6,18H2,1H3. The van der Waals surface area contributed by atoms with Crippen LogP contribution in [0.2, 0.25) is 0 Å². The Morgan fingerprint density at radius 1 is 1.16 bits per heavy atom. The van der Waals surface area contributed by atoms with Crippen LogP contribution in [0.3, 0.4) is 0 Å². The minimum atomic E-state index is -0.716. The Labute approximate surface area is 110 Å². The Hall–Kier alpha value is -2.10. The topological polar surface area (TPSA) is 29.3 Å². The molecule has 0 spiro atoms. The summed E-state index contributed by atoms with van der Waals surface area (Å²) in [4.78, 5) is 1.90.